The van der Waals surface area contributed by atoms with Gasteiger partial charge >= 0.3 is 0 Å². The number of fused-ring (bicyclic) bond motifs is 1. The Hall–Kier alpha value is -3.27. The van der Waals surface area contributed by atoms with E-state index in [1.807, 2.05) is 6.07 Å². The number of carbonyl (C=O) groups is 1. The number of hydrogen-bond acceptors (Lipinski definition) is 8. The third-order valence-corrected chi connectivity index (χ3v) is 4.52. The Kier molecular flexibility index (Phi) is 4.32. The van der Waals surface area contributed by atoms with Crippen LogP contribution in [-0.2, 0) is 4.79 Å². The second kappa shape index (κ2) is 6.92. The number of benzene rings is 1. The number of rotatable bonds is 5. The summed E-state index contributed by atoms with van der Waals surface area (Å²) in [6.07, 6.45) is 3.31. The smallest absolute Gasteiger partial charge is 0.234 e. The predicted octanol–water partition coefficient (Wildman–Crippen LogP) is 1.51. The van der Waals surface area contributed by atoms with E-state index in [0.717, 1.165) is 5.56 Å². The highest BCUT2D eigenvalue weighted by Gasteiger charge is 2.16. The van der Waals surface area contributed by atoms with E-state index >= 15 is 0 Å². The van der Waals surface area contributed by atoms with E-state index in [2.05, 4.69) is 20.5 Å². The lowest BCUT2D eigenvalue weighted by Crippen LogP contribution is -2.16. The lowest BCUT2D eigenvalue weighted by atomic mass is 10.3. The van der Waals surface area contributed by atoms with Crippen molar-refractivity contribution in [2.45, 2.75) is 5.16 Å². The third kappa shape index (κ3) is 3.26. The molecule has 132 valence electrons. The number of nitrogens with one attached hydrogen (secondary N) is 1. The Morgan fingerprint density at radius 2 is 2.15 bits per heavy atom. The van der Waals surface area contributed by atoms with Crippen LogP contribution in [0.25, 0.3) is 11.4 Å². The second-order valence-corrected chi connectivity index (χ2v) is 6.27. The number of anilines is 1. The van der Waals surface area contributed by atoms with E-state index in [0.29, 0.717) is 28.2 Å². The molecule has 0 saturated carbocycles. The number of nitrogen functional groups attached to an aromatic ring is 1. The normalized spacial score (nSPS) is 12.2. The van der Waals surface area contributed by atoms with Crippen molar-refractivity contribution < 1.29 is 14.3 Å². The molecule has 3 heterocycles. The largest absolute Gasteiger partial charge is 0.454 e. The second-order valence-electron chi connectivity index (χ2n) is 5.32. The third-order valence-electron chi connectivity index (χ3n) is 3.57. The van der Waals surface area contributed by atoms with Crippen molar-refractivity contribution in [3.63, 3.8) is 0 Å². The van der Waals surface area contributed by atoms with Gasteiger partial charge in [-0.15, -0.1) is 10.2 Å². The first kappa shape index (κ1) is 16.2. The molecule has 0 bridgehead atoms. The van der Waals surface area contributed by atoms with E-state index in [1.54, 1.807) is 36.7 Å². The molecule has 2 aromatic heterocycles. The van der Waals surface area contributed by atoms with Gasteiger partial charge in [-0.05, 0) is 24.3 Å². The van der Waals surface area contributed by atoms with Crippen LogP contribution in [0.15, 0.2) is 47.9 Å². The maximum atomic E-state index is 12.2. The summed E-state index contributed by atoms with van der Waals surface area (Å²) in [7, 11) is 0. The van der Waals surface area contributed by atoms with E-state index in [1.165, 1.54) is 16.4 Å². The molecule has 0 atom stereocenters. The fourth-order valence-electron chi connectivity index (χ4n) is 2.37. The molecule has 1 aromatic carbocycles. The van der Waals surface area contributed by atoms with Crippen LogP contribution in [-0.4, -0.2) is 38.3 Å². The molecule has 0 spiro atoms. The maximum absolute atomic E-state index is 12.2. The quantitative estimate of drug-likeness (QED) is 0.513. The Morgan fingerprint density at radius 3 is 3.00 bits per heavy atom. The van der Waals surface area contributed by atoms with E-state index in [4.69, 9.17) is 15.3 Å². The van der Waals surface area contributed by atoms with Gasteiger partial charge < -0.3 is 20.6 Å². The van der Waals surface area contributed by atoms with Gasteiger partial charge in [0, 0.05) is 29.7 Å². The number of pyridine rings is 1. The average Bonchev–Trinajstić information content (AvgIpc) is 3.27. The first-order valence-electron chi connectivity index (χ1n) is 7.64. The van der Waals surface area contributed by atoms with Gasteiger partial charge in [-0.25, -0.2) is 4.68 Å². The minimum absolute atomic E-state index is 0.136. The highest BCUT2D eigenvalue weighted by Crippen LogP contribution is 2.34. The molecule has 1 amide bonds. The molecule has 26 heavy (non-hydrogen) atoms. The fraction of sp³-hybridized carbons (Fsp3) is 0.125. The fourth-order valence-corrected chi connectivity index (χ4v) is 3.03. The Labute approximate surface area is 152 Å². The van der Waals surface area contributed by atoms with Crippen LogP contribution in [0, 0.1) is 0 Å². The van der Waals surface area contributed by atoms with Gasteiger partial charge in [0.05, 0.1) is 5.75 Å². The maximum Gasteiger partial charge on any atom is 0.234 e. The van der Waals surface area contributed by atoms with Gasteiger partial charge in [0.2, 0.25) is 17.9 Å². The Morgan fingerprint density at radius 1 is 1.27 bits per heavy atom. The van der Waals surface area contributed by atoms with E-state index in [9.17, 15) is 4.79 Å². The summed E-state index contributed by atoms with van der Waals surface area (Å²) in [4.78, 5) is 16.2. The molecule has 0 aliphatic carbocycles. The highest BCUT2D eigenvalue weighted by atomic mass is 32.2. The lowest BCUT2D eigenvalue weighted by Gasteiger charge is -2.06. The molecule has 0 radical (unpaired) electrons. The standard InChI is InChI=1S/C16H14N6O3S/c17-22-15(10-2-1-5-18-7-10)20-21-16(22)26-8-14(23)19-11-3-4-12-13(6-11)25-9-24-12/h1-7H,8-9,17H2,(H,19,23). The molecule has 9 nitrogen and oxygen atoms in total. The molecule has 4 rings (SSSR count). The molecule has 0 saturated heterocycles. The van der Waals surface area contributed by atoms with Gasteiger partial charge in [0.15, 0.2) is 17.3 Å². The molecule has 3 N–H and O–H groups in total. The lowest BCUT2D eigenvalue weighted by molar-refractivity contribution is -0.113. The van der Waals surface area contributed by atoms with E-state index < -0.39 is 0 Å². The molecule has 1 aliphatic heterocycles. The zero-order valence-electron chi connectivity index (χ0n) is 13.5. The summed E-state index contributed by atoms with van der Waals surface area (Å²) in [5, 5.41) is 11.3. The molecule has 3 aromatic rings. The van der Waals surface area contributed by atoms with Crippen molar-refractivity contribution >= 4 is 23.4 Å². The number of ether oxygens (including phenoxy) is 2. The first-order chi connectivity index (χ1) is 12.7. The molecule has 1 aliphatic rings. The molecular formula is C16H14N6O3S. The molecule has 0 fully saturated rings. The van der Waals surface area contributed by atoms with Crippen LogP contribution in [0.2, 0.25) is 0 Å². The summed E-state index contributed by atoms with van der Waals surface area (Å²) in [6, 6.07) is 8.84. The van der Waals surface area contributed by atoms with Gasteiger partial charge in [0.25, 0.3) is 0 Å². The van der Waals surface area contributed by atoms with Crippen LogP contribution >= 0.6 is 11.8 Å². The number of aromatic nitrogens is 4. The average molecular weight is 370 g/mol. The van der Waals surface area contributed by atoms with Gasteiger partial charge in [-0.1, -0.05) is 11.8 Å². The molecule has 10 heteroatoms. The topological polar surface area (TPSA) is 117 Å². The number of amides is 1. The van der Waals surface area contributed by atoms with Crippen molar-refractivity contribution in [1.29, 1.82) is 0 Å². The molecular weight excluding hydrogens is 356 g/mol. The summed E-state index contributed by atoms with van der Waals surface area (Å²) < 4.78 is 11.9. The van der Waals surface area contributed by atoms with E-state index in [-0.39, 0.29) is 18.5 Å². The molecule has 0 unspecified atom stereocenters. The van der Waals surface area contributed by atoms with Crippen LogP contribution in [0.3, 0.4) is 0 Å². The van der Waals surface area contributed by atoms with Gasteiger partial charge in [-0.2, -0.15) is 0 Å². The SMILES string of the molecule is Nn1c(SCC(=O)Nc2ccc3c(c2)OCO3)nnc1-c1cccnc1. The zero-order valence-corrected chi connectivity index (χ0v) is 14.3. The predicted molar refractivity (Wildman–Crippen MR) is 95.3 cm³/mol. The number of nitrogens with two attached hydrogens (primary N) is 1. The Bertz CT molecular complexity index is 946. The van der Waals surface area contributed by atoms with Crippen molar-refractivity contribution in [2.24, 2.45) is 0 Å². The zero-order chi connectivity index (χ0) is 17.9. The van der Waals surface area contributed by atoms with Crippen molar-refractivity contribution in [3.05, 3.63) is 42.7 Å². The van der Waals surface area contributed by atoms with Gasteiger partial charge in [-0.3, -0.25) is 9.78 Å². The first-order valence-corrected chi connectivity index (χ1v) is 8.62. The minimum Gasteiger partial charge on any atom is -0.454 e. The summed E-state index contributed by atoms with van der Waals surface area (Å²) in [5.41, 5.74) is 1.38. The number of nitrogens with zero attached hydrogens (tertiary/aromatic N) is 4. The van der Waals surface area contributed by atoms with Crippen molar-refractivity contribution in [1.82, 2.24) is 19.9 Å². The number of thioether (sulfide) groups is 1. The number of carbonyl (C=O) groups excluding carboxylic acids is 1. The monoisotopic (exact) mass is 370 g/mol. The number of hydrogen-bond donors (Lipinski definition) is 2. The van der Waals surface area contributed by atoms with Crippen LogP contribution < -0.4 is 20.6 Å². The Balaban J connectivity index is 1.38. The van der Waals surface area contributed by atoms with Crippen LogP contribution in [0.1, 0.15) is 0 Å². The minimum atomic E-state index is -0.195. The van der Waals surface area contributed by atoms with Crippen LogP contribution in [0.4, 0.5) is 5.69 Å². The highest BCUT2D eigenvalue weighted by molar-refractivity contribution is 7.99. The van der Waals surface area contributed by atoms with Crippen LogP contribution in [0.5, 0.6) is 11.5 Å². The van der Waals surface area contributed by atoms with Gasteiger partial charge in [0.1, 0.15) is 0 Å². The van der Waals surface area contributed by atoms with Crippen molar-refractivity contribution in [2.75, 3.05) is 23.7 Å². The summed E-state index contributed by atoms with van der Waals surface area (Å²) >= 11 is 1.19. The summed E-state index contributed by atoms with van der Waals surface area (Å²) in [6.45, 7) is 0.189. The summed E-state index contributed by atoms with van der Waals surface area (Å²) in [5.74, 6) is 7.71. The van der Waals surface area contributed by atoms with Crippen molar-refractivity contribution in [3.8, 4) is 22.9 Å².